The van der Waals surface area contributed by atoms with Crippen molar-refractivity contribution in [2.24, 2.45) is 5.73 Å². The Morgan fingerprint density at radius 3 is 2.60 bits per heavy atom. The van der Waals surface area contributed by atoms with Gasteiger partial charge in [0.1, 0.15) is 6.10 Å². The lowest BCUT2D eigenvalue weighted by Crippen LogP contribution is -2.38. The molecule has 110 valence electrons. The summed E-state index contributed by atoms with van der Waals surface area (Å²) < 4.78 is 5.68. The van der Waals surface area contributed by atoms with E-state index in [0.29, 0.717) is 19.6 Å². The van der Waals surface area contributed by atoms with Gasteiger partial charge in [-0.1, -0.05) is 24.3 Å². The van der Waals surface area contributed by atoms with Crippen molar-refractivity contribution in [3.63, 3.8) is 0 Å². The summed E-state index contributed by atoms with van der Waals surface area (Å²) in [5.41, 5.74) is 7.97. The number of hydrogen-bond donors (Lipinski definition) is 1. The summed E-state index contributed by atoms with van der Waals surface area (Å²) in [6.07, 6.45) is 1.72. The normalized spacial score (nSPS) is 21.9. The Bertz CT molecular complexity index is 462. The van der Waals surface area contributed by atoms with E-state index in [0.717, 1.165) is 24.0 Å². The number of carbonyl (C=O) groups excluding carboxylic acids is 1. The number of amides is 1. The summed E-state index contributed by atoms with van der Waals surface area (Å²) in [6.45, 7) is 5.82. The van der Waals surface area contributed by atoms with E-state index in [2.05, 4.69) is 0 Å². The molecular formula is C16H24N2O2. The Morgan fingerprint density at radius 2 is 2.05 bits per heavy atom. The standard InChI is InChI=1S/C16H24N2O2/c1-3-18(16(19)15-9-8-12(2)20-15)11-14-7-5-4-6-13(14)10-17/h4-7,12,15H,3,8-11,17H2,1-2H3. The Labute approximate surface area is 120 Å². The molecule has 1 amide bonds. The molecular weight excluding hydrogens is 252 g/mol. The SMILES string of the molecule is CCN(Cc1ccccc1CN)C(=O)C1CCC(C)O1. The van der Waals surface area contributed by atoms with Crippen LogP contribution in [0, 0.1) is 0 Å². The quantitative estimate of drug-likeness (QED) is 0.895. The second kappa shape index (κ2) is 6.86. The van der Waals surface area contributed by atoms with Crippen LogP contribution >= 0.6 is 0 Å². The van der Waals surface area contributed by atoms with Crippen LogP contribution in [0.4, 0.5) is 0 Å². The van der Waals surface area contributed by atoms with Crippen molar-refractivity contribution in [3.05, 3.63) is 35.4 Å². The van der Waals surface area contributed by atoms with Gasteiger partial charge in [-0.2, -0.15) is 0 Å². The van der Waals surface area contributed by atoms with Crippen molar-refractivity contribution in [3.8, 4) is 0 Å². The van der Waals surface area contributed by atoms with Crippen LogP contribution in [0.3, 0.4) is 0 Å². The highest BCUT2D eigenvalue weighted by molar-refractivity contribution is 5.81. The molecule has 0 aliphatic carbocycles. The first-order chi connectivity index (χ1) is 9.65. The van der Waals surface area contributed by atoms with Crippen molar-refractivity contribution >= 4 is 5.91 Å². The molecule has 2 unspecified atom stereocenters. The zero-order chi connectivity index (χ0) is 14.5. The summed E-state index contributed by atoms with van der Waals surface area (Å²) in [4.78, 5) is 14.4. The van der Waals surface area contributed by atoms with Gasteiger partial charge in [-0.05, 0) is 37.8 Å². The number of hydrogen-bond acceptors (Lipinski definition) is 3. The second-order valence-electron chi connectivity index (χ2n) is 5.34. The lowest BCUT2D eigenvalue weighted by Gasteiger charge is -2.25. The van der Waals surface area contributed by atoms with E-state index in [4.69, 9.17) is 10.5 Å². The minimum Gasteiger partial charge on any atom is -0.365 e. The molecule has 2 N–H and O–H groups in total. The van der Waals surface area contributed by atoms with Crippen molar-refractivity contribution in [2.75, 3.05) is 6.54 Å². The molecule has 20 heavy (non-hydrogen) atoms. The van der Waals surface area contributed by atoms with E-state index in [1.165, 1.54) is 0 Å². The predicted octanol–water partition coefficient (Wildman–Crippen LogP) is 2.06. The zero-order valence-electron chi connectivity index (χ0n) is 12.3. The number of nitrogens with two attached hydrogens (primary N) is 1. The van der Waals surface area contributed by atoms with Crippen LogP contribution in [0.1, 0.15) is 37.8 Å². The highest BCUT2D eigenvalue weighted by atomic mass is 16.5. The van der Waals surface area contributed by atoms with Crippen LogP contribution in [0.15, 0.2) is 24.3 Å². The first-order valence-electron chi connectivity index (χ1n) is 7.36. The Hall–Kier alpha value is -1.39. The maximum absolute atomic E-state index is 12.5. The number of carbonyl (C=O) groups is 1. The molecule has 1 aliphatic rings. The maximum atomic E-state index is 12.5. The maximum Gasteiger partial charge on any atom is 0.252 e. The molecule has 2 rings (SSSR count). The highest BCUT2D eigenvalue weighted by Gasteiger charge is 2.31. The van der Waals surface area contributed by atoms with E-state index in [1.54, 1.807) is 0 Å². The van der Waals surface area contributed by atoms with Gasteiger partial charge in [-0.3, -0.25) is 4.79 Å². The molecule has 2 atom stereocenters. The molecule has 1 fully saturated rings. The fraction of sp³-hybridized carbons (Fsp3) is 0.562. The fourth-order valence-electron chi connectivity index (χ4n) is 2.65. The van der Waals surface area contributed by atoms with Gasteiger partial charge < -0.3 is 15.4 Å². The average molecular weight is 276 g/mol. The van der Waals surface area contributed by atoms with Crippen molar-refractivity contribution in [2.45, 2.75) is 52.0 Å². The third-order valence-electron chi connectivity index (χ3n) is 3.90. The third-order valence-corrected chi connectivity index (χ3v) is 3.90. The third kappa shape index (κ3) is 3.38. The van der Waals surface area contributed by atoms with Gasteiger partial charge in [-0.25, -0.2) is 0 Å². The van der Waals surface area contributed by atoms with E-state index in [9.17, 15) is 4.79 Å². The van der Waals surface area contributed by atoms with E-state index in [-0.39, 0.29) is 18.1 Å². The number of benzene rings is 1. The fourth-order valence-corrected chi connectivity index (χ4v) is 2.65. The highest BCUT2D eigenvalue weighted by Crippen LogP contribution is 2.22. The first kappa shape index (κ1) is 15.0. The number of ether oxygens (including phenoxy) is 1. The molecule has 0 spiro atoms. The van der Waals surface area contributed by atoms with Gasteiger partial charge >= 0.3 is 0 Å². The van der Waals surface area contributed by atoms with Gasteiger partial charge in [-0.15, -0.1) is 0 Å². The Kier molecular flexibility index (Phi) is 5.15. The summed E-state index contributed by atoms with van der Waals surface area (Å²) in [6, 6.07) is 8.02. The van der Waals surface area contributed by atoms with Gasteiger partial charge in [0.2, 0.25) is 0 Å². The Balaban J connectivity index is 2.06. The molecule has 0 bridgehead atoms. The summed E-state index contributed by atoms with van der Waals surface area (Å²) in [7, 11) is 0. The van der Waals surface area contributed by atoms with Crippen LogP contribution < -0.4 is 5.73 Å². The van der Waals surface area contributed by atoms with Crippen LogP contribution in [0.5, 0.6) is 0 Å². The molecule has 1 saturated heterocycles. The van der Waals surface area contributed by atoms with E-state index >= 15 is 0 Å². The molecule has 0 aromatic heterocycles. The van der Waals surface area contributed by atoms with Gasteiger partial charge in [0, 0.05) is 19.6 Å². The molecule has 0 radical (unpaired) electrons. The van der Waals surface area contributed by atoms with Crippen LogP contribution in [-0.2, 0) is 22.6 Å². The smallest absolute Gasteiger partial charge is 0.252 e. The number of nitrogens with zero attached hydrogens (tertiary/aromatic N) is 1. The van der Waals surface area contributed by atoms with Gasteiger partial charge in [0.15, 0.2) is 0 Å². The van der Waals surface area contributed by atoms with E-state index in [1.807, 2.05) is 43.0 Å². The molecule has 4 nitrogen and oxygen atoms in total. The van der Waals surface area contributed by atoms with Crippen LogP contribution in [-0.4, -0.2) is 29.6 Å². The summed E-state index contributed by atoms with van der Waals surface area (Å²) in [5.74, 6) is 0.101. The lowest BCUT2D eigenvalue weighted by molar-refractivity contribution is -0.143. The minimum atomic E-state index is -0.269. The largest absolute Gasteiger partial charge is 0.365 e. The second-order valence-corrected chi connectivity index (χ2v) is 5.34. The molecule has 1 aromatic rings. The predicted molar refractivity (Wildman–Crippen MR) is 79.0 cm³/mol. The minimum absolute atomic E-state index is 0.101. The van der Waals surface area contributed by atoms with Gasteiger partial charge in [0.05, 0.1) is 6.10 Å². The zero-order valence-corrected chi connectivity index (χ0v) is 12.3. The Morgan fingerprint density at radius 1 is 1.35 bits per heavy atom. The molecule has 4 heteroatoms. The summed E-state index contributed by atoms with van der Waals surface area (Å²) in [5, 5.41) is 0. The van der Waals surface area contributed by atoms with Crippen molar-refractivity contribution < 1.29 is 9.53 Å². The lowest BCUT2D eigenvalue weighted by atomic mass is 10.1. The molecule has 1 heterocycles. The van der Waals surface area contributed by atoms with Crippen LogP contribution in [0.25, 0.3) is 0 Å². The van der Waals surface area contributed by atoms with Gasteiger partial charge in [0.25, 0.3) is 5.91 Å². The van der Waals surface area contributed by atoms with Crippen molar-refractivity contribution in [1.29, 1.82) is 0 Å². The monoisotopic (exact) mass is 276 g/mol. The summed E-state index contributed by atoms with van der Waals surface area (Å²) >= 11 is 0. The van der Waals surface area contributed by atoms with Crippen molar-refractivity contribution in [1.82, 2.24) is 4.90 Å². The average Bonchev–Trinajstić information content (AvgIpc) is 2.91. The van der Waals surface area contributed by atoms with E-state index < -0.39 is 0 Å². The first-order valence-corrected chi connectivity index (χ1v) is 7.36. The number of likely N-dealkylation sites (N-methyl/N-ethyl adjacent to an activating group) is 1. The number of rotatable bonds is 5. The molecule has 1 aliphatic heterocycles. The van der Waals surface area contributed by atoms with Crippen LogP contribution in [0.2, 0.25) is 0 Å². The molecule has 0 saturated carbocycles. The molecule has 1 aromatic carbocycles. The topological polar surface area (TPSA) is 55.6 Å².